The first kappa shape index (κ1) is 15.6. The van der Waals surface area contributed by atoms with Crippen LogP contribution in [0.4, 0.5) is 0 Å². The predicted molar refractivity (Wildman–Crippen MR) is 75.5 cm³/mol. The molecule has 0 aliphatic rings. The monoisotopic (exact) mass is 284 g/mol. The second-order valence-corrected chi connectivity index (χ2v) is 4.83. The van der Waals surface area contributed by atoms with Gasteiger partial charge in [0.05, 0.1) is 10.4 Å². The van der Waals surface area contributed by atoms with Crippen LogP contribution in [0.15, 0.2) is 4.52 Å². The number of aromatic nitrogens is 2. The molecule has 1 amide bonds. The molecule has 106 valence electrons. The Balaban J connectivity index is 2.56. The predicted octanol–water partition coefficient (Wildman–Crippen LogP) is 1.13. The van der Waals surface area contributed by atoms with Crippen molar-refractivity contribution >= 4 is 23.1 Å². The maximum atomic E-state index is 12.2. The van der Waals surface area contributed by atoms with Crippen molar-refractivity contribution < 1.29 is 9.32 Å². The van der Waals surface area contributed by atoms with E-state index in [1.54, 1.807) is 6.92 Å². The molecule has 0 atom stereocenters. The fraction of sp³-hybridized carbons (Fsp3) is 0.667. The smallest absolute Gasteiger partial charge is 0.233 e. The molecule has 19 heavy (non-hydrogen) atoms. The Kier molecular flexibility index (Phi) is 5.41. The van der Waals surface area contributed by atoms with E-state index in [9.17, 15) is 4.79 Å². The summed E-state index contributed by atoms with van der Waals surface area (Å²) < 4.78 is 4.97. The highest BCUT2D eigenvalue weighted by molar-refractivity contribution is 7.80. The van der Waals surface area contributed by atoms with Gasteiger partial charge in [0.15, 0.2) is 5.82 Å². The van der Waals surface area contributed by atoms with Crippen LogP contribution in [0.3, 0.4) is 0 Å². The lowest BCUT2D eigenvalue weighted by Crippen LogP contribution is -2.48. The van der Waals surface area contributed by atoms with Crippen LogP contribution in [0.1, 0.15) is 38.4 Å². The van der Waals surface area contributed by atoms with Gasteiger partial charge in [0.25, 0.3) is 0 Å². The Labute approximate surface area is 118 Å². The Morgan fingerprint density at radius 1 is 1.47 bits per heavy atom. The molecule has 1 heterocycles. The van der Waals surface area contributed by atoms with Crippen LogP contribution < -0.4 is 11.1 Å². The molecule has 0 radical (unpaired) electrons. The van der Waals surface area contributed by atoms with Crippen LogP contribution in [0, 0.1) is 12.3 Å². The van der Waals surface area contributed by atoms with Crippen LogP contribution >= 0.6 is 12.2 Å². The third-order valence-electron chi connectivity index (χ3n) is 3.31. The quantitative estimate of drug-likeness (QED) is 0.729. The van der Waals surface area contributed by atoms with Crippen molar-refractivity contribution in [1.82, 2.24) is 15.5 Å². The molecule has 0 saturated carbocycles. The Morgan fingerprint density at radius 2 is 2.11 bits per heavy atom. The number of thiocarbonyl (C=S) groups is 1. The lowest BCUT2D eigenvalue weighted by Gasteiger charge is -2.28. The zero-order valence-corrected chi connectivity index (χ0v) is 12.3. The van der Waals surface area contributed by atoms with Gasteiger partial charge in [-0.3, -0.25) is 4.79 Å². The van der Waals surface area contributed by atoms with E-state index >= 15 is 0 Å². The van der Waals surface area contributed by atoms with E-state index in [0.717, 1.165) is 0 Å². The highest BCUT2D eigenvalue weighted by Crippen LogP contribution is 2.27. The van der Waals surface area contributed by atoms with Gasteiger partial charge in [-0.15, -0.1) is 0 Å². The molecule has 1 aromatic heterocycles. The van der Waals surface area contributed by atoms with Crippen LogP contribution in [0.2, 0.25) is 0 Å². The summed E-state index contributed by atoms with van der Waals surface area (Å²) in [6.45, 7) is 5.98. The van der Waals surface area contributed by atoms with Gasteiger partial charge in [0, 0.05) is 13.0 Å². The molecular weight excluding hydrogens is 264 g/mol. The molecule has 0 unspecified atom stereocenters. The number of nitrogens with two attached hydrogens (primary N) is 1. The van der Waals surface area contributed by atoms with Gasteiger partial charge < -0.3 is 15.6 Å². The lowest BCUT2D eigenvalue weighted by molar-refractivity contribution is -0.127. The van der Waals surface area contributed by atoms with Gasteiger partial charge in [-0.05, 0) is 19.8 Å². The van der Waals surface area contributed by atoms with Gasteiger partial charge in [-0.25, -0.2) is 0 Å². The van der Waals surface area contributed by atoms with Crippen molar-refractivity contribution in [3.8, 4) is 0 Å². The summed E-state index contributed by atoms with van der Waals surface area (Å²) in [6.07, 6.45) is 1.67. The normalized spacial score (nSPS) is 11.3. The summed E-state index contributed by atoms with van der Waals surface area (Å²) in [6, 6.07) is 0. The summed E-state index contributed by atoms with van der Waals surface area (Å²) in [5.74, 6) is 0.953. The maximum absolute atomic E-state index is 12.2. The molecule has 1 rings (SSSR count). The van der Waals surface area contributed by atoms with E-state index in [1.165, 1.54) is 0 Å². The minimum absolute atomic E-state index is 0.138. The third-order valence-corrected chi connectivity index (χ3v) is 3.70. The van der Waals surface area contributed by atoms with Gasteiger partial charge in [0.1, 0.15) is 0 Å². The van der Waals surface area contributed by atoms with Crippen molar-refractivity contribution in [2.24, 2.45) is 11.1 Å². The average molecular weight is 284 g/mol. The van der Waals surface area contributed by atoms with Crippen LogP contribution in [0.5, 0.6) is 0 Å². The number of aryl methyl sites for hydroxylation is 1. The van der Waals surface area contributed by atoms with Crippen LogP contribution in [-0.2, 0) is 11.2 Å². The van der Waals surface area contributed by atoms with Crippen molar-refractivity contribution in [3.63, 3.8) is 0 Å². The molecule has 0 aliphatic carbocycles. The Bertz CT molecular complexity index is 454. The SMILES string of the molecule is CCC(CC)(C(=O)NCCc1nc(C)no1)C(N)=S. The van der Waals surface area contributed by atoms with Crippen LogP contribution in [-0.4, -0.2) is 27.6 Å². The summed E-state index contributed by atoms with van der Waals surface area (Å²) in [4.78, 5) is 16.5. The maximum Gasteiger partial charge on any atom is 0.233 e. The topological polar surface area (TPSA) is 94.0 Å². The molecule has 0 aromatic carbocycles. The van der Waals surface area contributed by atoms with Crippen molar-refractivity contribution in [2.45, 2.75) is 40.0 Å². The molecule has 7 heteroatoms. The summed E-state index contributed by atoms with van der Waals surface area (Å²) in [5, 5.41) is 6.51. The van der Waals surface area contributed by atoms with Crippen molar-refractivity contribution in [1.29, 1.82) is 0 Å². The fourth-order valence-electron chi connectivity index (χ4n) is 1.93. The summed E-state index contributed by atoms with van der Waals surface area (Å²) in [5.41, 5.74) is 4.95. The van der Waals surface area contributed by atoms with E-state index in [2.05, 4.69) is 15.5 Å². The largest absolute Gasteiger partial charge is 0.392 e. The van der Waals surface area contributed by atoms with E-state index in [-0.39, 0.29) is 10.9 Å². The minimum Gasteiger partial charge on any atom is -0.392 e. The molecule has 0 saturated heterocycles. The van der Waals surface area contributed by atoms with E-state index < -0.39 is 5.41 Å². The Hall–Kier alpha value is -1.50. The number of amides is 1. The first-order chi connectivity index (χ1) is 8.96. The minimum atomic E-state index is -0.764. The lowest BCUT2D eigenvalue weighted by atomic mass is 9.81. The van der Waals surface area contributed by atoms with E-state index in [0.29, 0.717) is 37.5 Å². The number of carbonyl (C=O) groups is 1. The molecule has 0 fully saturated rings. The average Bonchev–Trinajstić information content (AvgIpc) is 2.77. The van der Waals surface area contributed by atoms with Crippen molar-refractivity contribution in [3.05, 3.63) is 11.7 Å². The second kappa shape index (κ2) is 6.60. The van der Waals surface area contributed by atoms with E-state index in [4.69, 9.17) is 22.5 Å². The second-order valence-electron chi connectivity index (χ2n) is 4.39. The van der Waals surface area contributed by atoms with E-state index in [1.807, 2.05) is 13.8 Å². The Morgan fingerprint density at radius 3 is 2.53 bits per heavy atom. The van der Waals surface area contributed by atoms with Gasteiger partial charge in [-0.1, -0.05) is 31.2 Å². The molecular formula is C12H20N4O2S. The van der Waals surface area contributed by atoms with Crippen molar-refractivity contribution in [2.75, 3.05) is 6.54 Å². The molecule has 1 aromatic rings. The zero-order chi connectivity index (χ0) is 14.5. The molecule has 0 bridgehead atoms. The number of hydrogen-bond donors (Lipinski definition) is 2. The third kappa shape index (κ3) is 3.50. The first-order valence-corrected chi connectivity index (χ1v) is 6.74. The first-order valence-electron chi connectivity index (χ1n) is 6.33. The standard InChI is InChI=1S/C12H20N4O2S/c1-4-12(5-2,10(13)19)11(17)14-7-6-9-15-8(3)16-18-9/h4-7H2,1-3H3,(H2,13,19)(H,14,17). The summed E-state index contributed by atoms with van der Waals surface area (Å²) >= 11 is 5.03. The summed E-state index contributed by atoms with van der Waals surface area (Å²) in [7, 11) is 0. The molecule has 3 N–H and O–H groups in total. The molecule has 6 nitrogen and oxygen atoms in total. The number of carbonyl (C=O) groups excluding carboxylic acids is 1. The highest BCUT2D eigenvalue weighted by atomic mass is 32.1. The number of nitrogens with one attached hydrogen (secondary N) is 1. The molecule has 0 aliphatic heterocycles. The number of hydrogen-bond acceptors (Lipinski definition) is 5. The number of nitrogens with zero attached hydrogens (tertiary/aromatic N) is 2. The fourth-order valence-corrected chi connectivity index (χ4v) is 2.31. The number of rotatable bonds is 7. The van der Waals surface area contributed by atoms with Gasteiger partial charge in [-0.2, -0.15) is 4.98 Å². The highest BCUT2D eigenvalue weighted by Gasteiger charge is 2.37. The van der Waals surface area contributed by atoms with Gasteiger partial charge in [0.2, 0.25) is 11.8 Å². The van der Waals surface area contributed by atoms with Gasteiger partial charge >= 0.3 is 0 Å². The van der Waals surface area contributed by atoms with Crippen LogP contribution in [0.25, 0.3) is 0 Å². The zero-order valence-electron chi connectivity index (χ0n) is 11.5. The molecule has 0 spiro atoms.